The van der Waals surface area contributed by atoms with Crippen molar-refractivity contribution >= 4 is 38.9 Å². The van der Waals surface area contributed by atoms with Crippen LogP contribution in [0.5, 0.6) is 0 Å². The average molecular weight is 409 g/mol. The number of piperazine rings is 1. The highest BCUT2D eigenvalue weighted by atomic mass is 35.5. The molecule has 1 aliphatic rings. The van der Waals surface area contributed by atoms with Gasteiger partial charge in [-0.25, -0.2) is 13.6 Å². The lowest BCUT2D eigenvalue weighted by Crippen LogP contribution is -2.48. The molecule has 0 saturated carbocycles. The number of amides is 1. The van der Waals surface area contributed by atoms with Crippen molar-refractivity contribution in [3.8, 4) is 0 Å². The van der Waals surface area contributed by atoms with Crippen LogP contribution >= 0.6 is 11.6 Å². The Labute approximate surface area is 163 Å². The van der Waals surface area contributed by atoms with Gasteiger partial charge in [-0.2, -0.15) is 0 Å². The van der Waals surface area contributed by atoms with E-state index in [1.165, 1.54) is 12.1 Å². The lowest BCUT2D eigenvalue weighted by atomic mass is 10.2. The number of sulfonamides is 1. The van der Waals surface area contributed by atoms with Crippen molar-refractivity contribution in [2.24, 2.45) is 5.14 Å². The summed E-state index contributed by atoms with van der Waals surface area (Å²) < 4.78 is 22.7. The number of benzene rings is 2. The van der Waals surface area contributed by atoms with Gasteiger partial charge >= 0.3 is 0 Å². The van der Waals surface area contributed by atoms with Gasteiger partial charge in [-0.15, -0.1) is 0 Å². The molecule has 27 heavy (non-hydrogen) atoms. The minimum Gasteiger partial charge on any atom is -0.369 e. The molecule has 3 N–H and O–H groups in total. The third-order valence-corrected chi connectivity index (χ3v) is 5.58. The standard InChI is InChI=1S/C18H21ClN4O3S/c19-14-1-3-15(4-2-14)21-18(24)13-22-9-11-23(12-10-22)16-5-7-17(8-6-16)27(20,25)26/h1-8H,9-13H2,(H,21,24)(H2,20,25,26). The fraction of sp³-hybridized carbons (Fsp3) is 0.278. The van der Waals surface area contributed by atoms with Gasteiger partial charge in [-0.05, 0) is 48.5 Å². The summed E-state index contributed by atoms with van der Waals surface area (Å²) in [4.78, 5) is 16.5. The fourth-order valence-electron chi connectivity index (χ4n) is 2.95. The molecule has 2 aromatic carbocycles. The molecular weight excluding hydrogens is 388 g/mol. The number of hydrogen-bond acceptors (Lipinski definition) is 5. The first-order valence-electron chi connectivity index (χ1n) is 8.47. The molecule has 1 fully saturated rings. The molecule has 0 aromatic heterocycles. The third-order valence-electron chi connectivity index (χ3n) is 4.40. The Hall–Kier alpha value is -2.13. The smallest absolute Gasteiger partial charge is 0.238 e. The number of carbonyl (C=O) groups excluding carboxylic acids is 1. The Balaban J connectivity index is 1.50. The highest BCUT2D eigenvalue weighted by Crippen LogP contribution is 2.19. The summed E-state index contributed by atoms with van der Waals surface area (Å²) in [6, 6.07) is 13.5. The highest BCUT2D eigenvalue weighted by molar-refractivity contribution is 7.89. The molecule has 1 heterocycles. The van der Waals surface area contributed by atoms with E-state index in [0.717, 1.165) is 37.6 Å². The molecule has 0 atom stereocenters. The van der Waals surface area contributed by atoms with Crippen molar-refractivity contribution in [1.82, 2.24) is 4.90 Å². The zero-order chi connectivity index (χ0) is 19.4. The molecule has 144 valence electrons. The Morgan fingerprint density at radius 2 is 1.59 bits per heavy atom. The summed E-state index contributed by atoms with van der Waals surface area (Å²) in [5.41, 5.74) is 1.66. The molecule has 0 spiro atoms. The summed E-state index contributed by atoms with van der Waals surface area (Å²) in [5, 5.41) is 8.60. The van der Waals surface area contributed by atoms with Crippen LogP contribution < -0.4 is 15.4 Å². The van der Waals surface area contributed by atoms with Gasteiger partial charge in [-0.3, -0.25) is 9.69 Å². The van der Waals surface area contributed by atoms with Gasteiger partial charge in [0, 0.05) is 42.6 Å². The van der Waals surface area contributed by atoms with Gasteiger partial charge in [0.05, 0.1) is 11.4 Å². The van der Waals surface area contributed by atoms with Crippen molar-refractivity contribution in [1.29, 1.82) is 0 Å². The summed E-state index contributed by atoms with van der Waals surface area (Å²) >= 11 is 5.84. The van der Waals surface area contributed by atoms with Crippen LogP contribution in [0.2, 0.25) is 5.02 Å². The first-order chi connectivity index (χ1) is 12.8. The zero-order valence-electron chi connectivity index (χ0n) is 14.6. The van der Waals surface area contributed by atoms with Crippen molar-refractivity contribution < 1.29 is 13.2 Å². The first-order valence-corrected chi connectivity index (χ1v) is 10.4. The second-order valence-electron chi connectivity index (χ2n) is 6.36. The van der Waals surface area contributed by atoms with E-state index in [-0.39, 0.29) is 10.8 Å². The number of carbonyl (C=O) groups is 1. The number of nitrogens with two attached hydrogens (primary N) is 1. The molecule has 1 saturated heterocycles. The van der Waals surface area contributed by atoms with Gasteiger partial charge in [0.15, 0.2) is 0 Å². The van der Waals surface area contributed by atoms with E-state index in [2.05, 4.69) is 15.1 Å². The second kappa shape index (κ2) is 8.26. The van der Waals surface area contributed by atoms with E-state index in [1.54, 1.807) is 36.4 Å². The Bertz CT molecular complexity index is 893. The van der Waals surface area contributed by atoms with Gasteiger partial charge < -0.3 is 10.2 Å². The summed E-state index contributed by atoms with van der Waals surface area (Å²) in [6.07, 6.45) is 0. The number of halogens is 1. The topological polar surface area (TPSA) is 95.7 Å². The van der Waals surface area contributed by atoms with Gasteiger partial charge in [0.1, 0.15) is 0 Å². The van der Waals surface area contributed by atoms with Crippen LogP contribution in [0, 0.1) is 0 Å². The summed E-state index contributed by atoms with van der Waals surface area (Å²) in [7, 11) is -3.68. The molecule has 1 amide bonds. The van der Waals surface area contributed by atoms with Gasteiger partial charge in [0.25, 0.3) is 0 Å². The van der Waals surface area contributed by atoms with E-state index in [9.17, 15) is 13.2 Å². The minimum atomic E-state index is -3.68. The lowest BCUT2D eigenvalue weighted by Gasteiger charge is -2.35. The largest absolute Gasteiger partial charge is 0.369 e. The number of nitrogens with zero attached hydrogens (tertiary/aromatic N) is 2. The van der Waals surface area contributed by atoms with Crippen LogP contribution in [0.25, 0.3) is 0 Å². The van der Waals surface area contributed by atoms with Gasteiger partial charge in [-0.1, -0.05) is 11.6 Å². The molecule has 0 bridgehead atoms. The maximum Gasteiger partial charge on any atom is 0.238 e. The van der Waals surface area contributed by atoms with E-state index in [1.807, 2.05) is 0 Å². The molecule has 7 nitrogen and oxygen atoms in total. The second-order valence-corrected chi connectivity index (χ2v) is 8.36. The number of anilines is 2. The molecule has 3 rings (SSSR count). The number of hydrogen-bond donors (Lipinski definition) is 2. The van der Waals surface area contributed by atoms with Crippen LogP contribution in [0.3, 0.4) is 0 Å². The quantitative estimate of drug-likeness (QED) is 0.785. The van der Waals surface area contributed by atoms with Crippen molar-refractivity contribution in [3.05, 3.63) is 53.6 Å². The van der Waals surface area contributed by atoms with Crippen LogP contribution in [0.4, 0.5) is 11.4 Å². The monoisotopic (exact) mass is 408 g/mol. The number of nitrogens with one attached hydrogen (secondary N) is 1. The van der Waals surface area contributed by atoms with Crippen molar-refractivity contribution in [2.75, 3.05) is 42.9 Å². The average Bonchev–Trinajstić information content (AvgIpc) is 2.64. The van der Waals surface area contributed by atoms with Crippen LogP contribution in [-0.4, -0.2) is 51.9 Å². The number of primary sulfonamides is 1. The lowest BCUT2D eigenvalue weighted by molar-refractivity contribution is -0.117. The van der Waals surface area contributed by atoms with Crippen molar-refractivity contribution in [2.45, 2.75) is 4.90 Å². The molecule has 0 aliphatic carbocycles. The molecule has 2 aromatic rings. The highest BCUT2D eigenvalue weighted by Gasteiger charge is 2.19. The molecule has 0 unspecified atom stereocenters. The predicted octanol–water partition coefficient (Wildman–Crippen LogP) is 1.75. The molecule has 1 aliphatic heterocycles. The molecular formula is C18H21ClN4O3S. The van der Waals surface area contributed by atoms with E-state index in [4.69, 9.17) is 16.7 Å². The maximum atomic E-state index is 12.2. The minimum absolute atomic E-state index is 0.0664. The zero-order valence-corrected chi connectivity index (χ0v) is 16.2. The Morgan fingerprint density at radius 1 is 1.00 bits per heavy atom. The Kier molecular flexibility index (Phi) is 6.01. The summed E-state index contributed by atoms with van der Waals surface area (Å²) in [5.74, 6) is -0.0664. The first kappa shape index (κ1) is 19.6. The van der Waals surface area contributed by atoms with Gasteiger partial charge in [0.2, 0.25) is 15.9 Å². The molecule has 0 radical (unpaired) electrons. The van der Waals surface area contributed by atoms with E-state index in [0.29, 0.717) is 11.6 Å². The third kappa shape index (κ3) is 5.43. The SMILES string of the molecule is NS(=O)(=O)c1ccc(N2CCN(CC(=O)Nc3ccc(Cl)cc3)CC2)cc1. The Morgan fingerprint density at radius 3 is 2.15 bits per heavy atom. The van der Waals surface area contributed by atoms with E-state index >= 15 is 0 Å². The summed E-state index contributed by atoms with van der Waals surface area (Å²) in [6.45, 7) is 3.31. The predicted molar refractivity (Wildman–Crippen MR) is 107 cm³/mol. The van der Waals surface area contributed by atoms with Crippen LogP contribution in [0.15, 0.2) is 53.4 Å². The number of rotatable bonds is 5. The van der Waals surface area contributed by atoms with Crippen LogP contribution in [0.1, 0.15) is 0 Å². The van der Waals surface area contributed by atoms with Crippen LogP contribution in [-0.2, 0) is 14.8 Å². The van der Waals surface area contributed by atoms with Crippen molar-refractivity contribution in [3.63, 3.8) is 0 Å². The maximum absolute atomic E-state index is 12.2. The van der Waals surface area contributed by atoms with E-state index < -0.39 is 10.0 Å². The normalized spacial score (nSPS) is 15.6. The fourth-order valence-corrected chi connectivity index (χ4v) is 3.59. The molecule has 9 heteroatoms.